The van der Waals surface area contributed by atoms with Gasteiger partial charge in [-0.3, -0.25) is 9.89 Å². The van der Waals surface area contributed by atoms with Crippen LogP contribution in [0.25, 0.3) is 28.0 Å². The number of nitriles is 1. The maximum atomic E-state index is 13.3. The SMILES string of the molecule is N#Cc1ccc(-c2cc(=O)n3[nH]c(NC4C5CC6CC(C5)CC4C6)c(-c4ccc(Cl)cc4Cl)c3n2)cc1. The normalized spacial score (nSPS) is 25.9. The summed E-state index contributed by atoms with van der Waals surface area (Å²) in [6.45, 7) is 0. The number of H-pyrrole nitrogens is 1. The highest BCUT2D eigenvalue weighted by Gasteiger charge is 2.48. The highest BCUT2D eigenvalue weighted by atomic mass is 35.5. The van der Waals surface area contributed by atoms with E-state index in [1.54, 1.807) is 18.2 Å². The fraction of sp³-hybridized carbons (Fsp3) is 0.345. The van der Waals surface area contributed by atoms with Gasteiger partial charge in [0.2, 0.25) is 0 Å². The number of nitrogens with one attached hydrogen (secondary N) is 2. The molecule has 0 saturated heterocycles. The van der Waals surface area contributed by atoms with E-state index < -0.39 is 0 Å². The number of benzene rings is 2. The molecule has 0 spiro atoms. The zero-order valence-corrected chi connectivity index (χ0v) is 21.6. The molecule has 4 aliphatic rings. The first-order valence-corrected chi connectivity index (χ1v) is 13.6. The second kappa shape index (κ2) is 8.65. The predicted octanol–water partition coefficient (Wildman–Crippen LogP) is 6.77. The fourth-order valence-corrected chi connectivity index (χ4v) is 7.78. The summed E-state index contributed by atoms with van der Waals surface area (Å²) in [5, 5.41) is 17.4. The number of nitrogens with zero attached hydrogens (tertiary/aromatic N) is 3. The highest BCUT2D eigenvalue weighted by molar-refractivity contribution is 6.36. The fourth-order valence-electron chi connectivity index (χ4n) is 7.28. The molecule has 0 amide bonds. The van der Waals surface area contributed by atoms with E-state index in [-0.39, 0.29) is 5.56 Å². The smallest absolute Gasteiger partial charge is 0.273 e. The molecule has 2 aromatic carbocycles. The van der Waals surface area contributed by atoms with Crippen LogP contribution in [-0.2, 0) is 0 Å². The van der Waals surface area contributed by atoms with Crippen LogP contribution in [0.3, 0.4) is 0 Å². The van der Waals surface area contributed by atoms with Gasteiger partial charge in [0, 0.05) is 28.3 Å². The molecule has 4 saturated carbocycles. The number of halogens is 2. The third kappa shape index (κ3) is 3.84. The van der Waals surface area contributed by atoms with Crippen molar-refractivity contribution in [2.24, 2.45) is 23.7 Å². The van der Waals surface area contributed by atoms with Crippen molar-refractivity contribution in [3.63, 3.8) is 0 Å². The van der Waals surface area contributed by atoms with Crippen molar-refractivity contribution < 1.29 is 0 Å². The minimum absolute atomic E-state index is 0.214. The number of hydrogen-bond acceptors (Lipinski definition) is 4. The lowest BCUT2D eigenvalue weighted by molar-refractivity contribution is 0.00742. The first kappa shape index (κ1) is 22.9. The van der Waals surface area contributed by atoms with Gasteiger partial charge in [-0.2, -0.15) is 9.78 Å². The molecule has 0 unspecified atom stereocenters. The molecule has 4 fully saturated rings. The molecule has 186 valence electrons. The highest BCUT2D eigenvalue weighted by Crippen LogP contribution is 2.54. The average Bonchev–Trinajstić information content (AvgIpc) is 3.24. The minimum Gasteiger partial charge on any atom is -0.367 e. The van der Waals surface area contributed by atoms with E-state index in [0.717, 1.165) is 34.3 Å². The van der Waals surface area contributed by atoms with E-state index in [4.69, 9.17) is 33.4 Å². The Kier molecular flexibility index (Phi) is 5.35. The van der Waals surface area contributed by atoms with Gasteiger partial charge in [-0.15, -0.1) is 0 Å². The van der Waals surface area contributed by atoms with Crippen LogP contribution in [-0.4, -0.2) is 20.6 Å². The Balaban J connectivity index is 1.39. The summed E-state index contributed by atoms with van der Waals surface area (Å²) < 4.78 is 1.49. The molecule has 2 aromatic heterocycles. The molecule has 2 heterocycles. The summed E-state index contributed by atoms with van der Waals surface area (Å²) in [5.41, 5.74) is 3.68. The molecular formula is C29H25Cl2N5O. The van der Waals surface area contributed by atoms with Crippen molar-refractivity contribution in [1.82, 2.24) is 14.6 Å². The lowest BCUT2D eigenvalue weighted by Crippen LogP contribution is -2.51. The van der Waals surface area contributed by atoms with E-state index in [0.29, 0.717) is 44.8 Å². The lowest BCUT2D eigenvalue weighted by atomic mass is 9.54. The summed E-state index contributed by atoms with van der Waals surface area (Å²) in [5.74, 6) is 3.80. The Morgan fingerprint density at radius 1 is 0.973 bits per heavy atom. The summed E-state index contributed by atoms with van der Waals surface area (Å²) in [6.07, 6.45) is 6.52. The van der Waals surface area contributed by atoms with Gasteiger partial charge in [0.1, 0.15) is 5.82 Å². The monoisotopic (exact) mass is 529 g/mol. The Bertz CT molecular complexity index is 1600. The molecule has 8 rings (SSSR count). The van der Waals surface area contributed by atoms with Gasteiger partial charge in [0.15, 0.2) is 5.65 Å². The lowest BCUT2D eigenvalue weighted by Gasteiger charge is -2.54. The molecule has 4 bridgehead atoms. The molecule has 6 nitrogen and oxygen atoms in total. The van der Waals surface area contributed by atoms with Crippen molar-refractivity contribution in [2.45, 2.75) is 38.1 Å². The van der Waals surface area contributed by atoms with E-state index in [2.05, 4.69) is 16.5 Å². The number of aromatic amines is 1. The average molecular weight is 530 g/mol. The summed E-state index contributed by atoms with van der Waals surface area (Å²) >= 11 is 12.9. The maximum Gasteiger partial charge on any atom is 0.273 e. The van der Waals surface area contributed by atoms with Gasteiger partial charge in [-0.05, 0) is 80.0 Å². The second-order valence-corrected chi connectivity index (χ2v) is 11.8. The van der Waals surface area contributed by atoms with Crippen LogP contribution >= 0.6 is 23.2 Å². The second-order valence-electron chi connectivity index (χ2n) is 10.9. The number of aromatic nitrogens is 3. The molecule has 8 heteroatoms. The molecule has 37 heavy (non-hydrogen) atoms. The molecule has 4 aliphatic carbocycles. The Morgan fingerprint density at radius 3 is 2.32 bits per heavy atom. The molecule has 2 N–H and O–H groups in total. The zero-order chi connectivity index (χ0) is 25.3. The van der Waals surface area contributed by atoms with Gasteiger partial charge < -0.3 is 5.32 Å². The van der Waals surface area contributed by atoms with Crippen LogP contribution in [0.2, 0.25) is 10.0 Å². The van der Waals surface area contributed by atoms with E-state index in [9.17, 15) is 4.79 Å². The van der Waals surface area contributed by atoms with Crippen molar-refractivity contribution >= 4 is 34.7 Å². The number of fused-ring (bicyclic) bond motifs is 1. The third-order valence-electron chi connectivity index (χ3n) is 8.66. The first-order valence-electron chi connectivity index (χ1n) is 12.8. The Hall–Kier alpha value is -3.27. The van der Waals surface area contributed by atoms with Crippen molar-refractivity contribution in [2.75, 3.05) is 5.32 Å². The zero-order valence-electron chi connectivity index (χ0n) is 20.0. The molecule has 4 aromatic rings. The van der Waals surface area contributed by atoms with Crippen LogP contribution < -0.4 is 10.9 Å². The van der Waals surface area contributed by atoms with Crippen LogP contribution in [0.15, 0.2) is 53.3 Å². The quantitative estimate of drug-likeness (QED) is 0.305. The van der Waals surface area contributed by atoms with Crippen molar-refractivity contribution in [3.05, 3.63) is 74.5 Å². The summed E-state index contributed by atoms with van der Waals surface area (Å²) in [4.78, 5) is 18.3. The molecular weight excluding hydrogens is 505 g/mol. The first-order chi connectivity index (χ1) is 18.0. The Labute approximate surface area is 224 Å². The van der Waals surface area contributed by atoms with E-state index in [1.807, 2.05) is 24.3 Å². The standard InChI is InChI=1S/C29H25Cl2N5O/c30-21-5-6-22(23(31)12-21)26-28(34-27-19-8-16-7-17(10-19)11-20(27)9-16)35-36-25(37)13-24(33-29(26)36)18-3-1-15(14-32)2-4-18/h1-6,12-13,16-17,19-20,27,34-35H,7-11H2. The van der Waals surface area contributed by atoms with Gasteiger partial charge in [0.05, 0.1) is 27.9 Å². The van der Waals surface area contributed by atoms with E-state index in [1.165, 1.54) is 42.7 Å². The molecule has 0 atom stereocenters. The molecule has 0 aliphatic heterocycles. The molecule has 0 radical (unpaired) electrons. The van der Waals surface area contributed by atoms with Gasteiger partial charge in [-0.25, -0.2) is 4.98 Å². The van der Waals surface area contributed by atoms with Crippen molar-refractivity contribution in [3.8, 4) is 28.5 Å². The van der Waals surface area contributed by atoms with Gasteiger partial charge in [-0.1, -0.05) is 41.4 Å². The van der Waals surface area contributed by atoms with Crippen molar-refractivity contribution in [1.29, 1.82) is 5.26 Å². The topological polar surface area (TPSA) is 86.0 Å². The van der Waals surface area contributed by atoms with Crippen LogP contribution in [0, 0.1) is 35.0 Å². The number of anilines is 1. The van der Waals surface area contributed by atoms with E-state index >= 15 is 0 Å². The summed E-state index contributed by atoms with van der Waals surface area (Å²) in [7, 11) is 0. The number of hydrogen-bond donors (Lipinski definition) is 2. The Morgan fingerprint density at radius 2 is 1.68 bits per heavy atom. The van der Waals surface area contributed by atoms with Crippen LogP contribution in [0.1, 0.15) is 37.7 Å². The van der Waals surface area contributed by atoms with Crippen LogP contribution in [0.4, 0.5) is 5.82 Å². The third-order valence-corrected chi connectivity index (χ3v) is 9.21. The largest absolute Gasteiger partial charge is 0.367 e. The summed E-state index contributed by atoms with van der Waals surface area (Å²) in [6, 6.07) is 16.5. The predicted molar refractivity (Wildman–Crippen MR) is 146 cm³/mol. The van der Waals surface area contributed by atoms with Gasteiger partial charge >= 0.3 is 0 Å². The maximum absolute atomic E-state index is 13.3. The number of rotatable bonds is 4. The minimum atomic E-state index is -0.214. The van der Waals surface area contributed by atoms with Gasteiger partial charge in [0.25, 0.3) is 5.56 Å². The van der Waals surface area contributed by atoms with Crippen LogP contribution in [0.5, 0.6) is 0 Å².